The van der Waals surface area contributed by atoms with Crippen molar-refractivity contribution in [3.63, 3.8) is 0 Å². The van der Waals surface area contributed by atoms with Gasteiger partial charge >= 0.3 is 0 Å². The largest absolute Gasteiger partial charge is 0.443 e. The lowest BCUT2D eigenvalue weighted by Gasteiger charge is -1.97. The second kappa shape index (κ2) is 3.91. The predicted octanol–water partition coefficient (Wildman–Crippen LogP) is 2.71. The van der Waals surface area contributed by atoms with E-state index in [4.69, 9.17) is 21.8 Å². The maximum absolute atomic E-state index is 5.75. The highest BCUT2D eigenvalue weighted by Gasteiger charge is 2.10. The number of furan rings is 1. The minimum absolute atomic E-state index is 0.358. The van der Waals surface area contributed by atoms with E-state index in [1.54, 1.807) is 12.1 Å². The van der Waals surface area contributed by atoms with Crippen LogP contribution in [-0.2, 0) is 6.54 Å². The number of nitrogens with zero attached hydrogens (tertiary/aromatic N) is 2. The van der Waals surface area contributed by atoms with Crippen LogP contribution in [0.15, 0.2) is 41.1 Å². The molecule has 0 amide bonds. The Labute approximate surface area is 103 Å². The van der Waals surface area contributed by atoms with E-state index in [-0.39, 0.29) is 0 Å². The molecule has 0 spiro atoms. The lowest BCUT2D eigenvalue weighted by Crippen LogP contribution is -1.99. The fourth-order valence-electron chi connectivity index (χ4n) is 1.80. The molecule has 0 unspecified atom stereocenters. The van der Waals surface area contributed by atoms with E-state index in [9.17, 15) is 0 Å². The third-order valence-electron chi connectivity index (χ3n) is 2.61. The Morgan fingerprint density at radius 2 is 2.24 bits per heavy atom. The van der Waals surface area contributed by atoms with E-state index in [1.165, 1.54) is 0 Å². The minimum Gasteiger partial charge on any atom is -0.443 e. The fourth-order valence-corrected chi connectivity index (χ4v) is 1.95. The van der Waals surface area contributed by atoms with Gasteiger partial charge in [0.15, 0.2) is 11.0 Å². The van der Waals surface area contributed by atoms with E-state index in [1.807, 2.05) is 28.9 Å². The van der Waals surface area contributed by atoms with Crippen LogP contribution in [0.3, 0.4) is 0 Å². The normalized spacial score (nSPS) is 11.2. The Hall–Kier alpha value is -1.78. The first-order valence-electron chi connectivity index (χ1n) is 5.20. The number of aromatic nitrogens is 2. The smallest absolute Gasteiger partial charge is 0.194 e. The van der Waals surface area contributed by atoms with Crippen molar-refractivity contribution in [1.82, 2.24) is 9.38 Å². The summed E-state index contributed by atoms with van der Waals surface area (Å²) >= 11 is 5.75. The summed E-state index contributed by atoms with van der Waals surface area (Å²) in [5.41, 5.74) is 8.26. The summed E-state index contributed by atoms with van der Waals surface area (Å²) in [6, 6.07) is 7.40. The van der Waals surface area contributed by atoms with Crippen LogP contribution >= 0.6 is 11.6 Å². The molecular weight excluding hydrogens is 238 g/mol. The molecule has 3 aromatic rings. The van der Waals surface area contributed by atoms with E-state index in [0.29, 0.717) is 17.5 Å². The van der Waals surface area contributed by atoms with Crippen molar-refractivity contribution in [2.75, 3.05) is 0 Å². The van der Waals surface area contributed by atoms with Crippen LogP contribution in [0.2, 0.25) is 5.22 Å². The van der Waals surface area contributed by atoms with E-state index in [0.717, 1.165) is 16.9 Å². The number of hydrogen-bond acceptors (Lipinski definition) is 3. The standard InChI is InChI=1S/C12H10ClN3O/c13-11-4-3-10(17-11)9-7-16-5-1-2-8(6-14)12(16)15-9/h1-5,7H,6,14H2. The Morgan fingerprint density at radius 1 is 1.35 bits per heavy atom. The Kier molecular flexibility index (Phi) is 2.39. The van der Waals surface area contributed by atoms with Gasteiger partial charge in [0.1, 0.15) is 11.3 Å². The highest BCUT2D eigenvalue weighted by molar-refractivity contribution is 6.28. The van der Waals surface area contributed by atoms with Crippen molar-refractivity contribution in [1.29, 1.82) is 0 Å². The molecule has 5 heteroatoms. The van der Waals surface area contributed by atoms with Gasteiger partial charge in [-0.25, -0.2) is 4.98 Å². The first-order valence-corrected chi connectivity index (χ1v) is 5.58. The van der Waals surface area contributed by atoms with Crippen LogP contribution < -0.4 is 5.73 Å². The summed E-state index contributed by atoms with van der Waals surface area (Å²) < 4.78 is 7.26. The van der Waals surface area contributed by atoms with Gasteiger partial charge in [0.2, 0.25) is 0 Å². The highest BCUT2D eigenvalue weighted by atomic mass is 35.5. The maximum Gasteiger partial charge on any atom is 0.194 e. The fraction of sp³-hybridized carbons (Fsp3) is 0.0833. The second-order valence-corrected chi connectivity index (χ2v) is 4.07. The van der Waals surface area contributed by atoms with Crippen LogP contribution in [0.1, 0.15) is 5.56 Å². The average molecular weight is 248 g/mol. The summed E-state index contributed by atoms with van der Waals surface area (Å²) in [4.78, 5) is 4.50. The Morgan fingerprint density at radius 3 is 2.94 bits per heavy atom. The summed E-state index contributed by atoms with van der Waals surface area (Å²) in [7, 11) is 0. The van der Waals surface area contributed by atoms with Crippen molar-refractivity contribution in [3.8, 4) is 11.5 Å². The summed E-state index contributed by atoms with van der Waals surface area (Å²) in [6.07, 6.45) is 3.82. The van der Waals surface area contributed by atoms with Crippen molar-refractivity contribution >= 4 is 17.2 Å². The molecule has 4 nitrogen and oxygen atoms in total. The molecule has 0 saturated carbocycles. The van der Waals surface area contributed by atoms with E-state index < -0.39 is 0 Å². The number of pyridine rings is 1. The number of hydrogen-bond donors (Lipinski definition) is 1. The van der Waals surface area contributed by atoms with Gasteiger partial charge in [-0.3, -0.25) is 0 Å². The highest BCUT2D eigenvalue weighted by Crippen LogP contribution is 2.24. The van der Waals surface area contributed by atoms with Crippen LogP contribution in [0, 0.1) is 0 Å². The van der Waals surface area contributed by atoms with Crippen LogP contribution in [0.25, 0.3) is 17.1 Å². The molecule has 0 atom stereocenters. The molecule has 0 bridgehead atoms. The Bertz CT molecular complexity index is 671. The number of halogens is 1. The van der Waals surface area contributed by atoms with Gasteiger partial charge < -0.3 is 14.6 Å². The molecule has 0 fully saturated rings. The molecule has 0 aliphatic heterocycles. The number of imidazole rings is 1. The second-order valence-electron chi connectivity index (χ2n) is 3.70. The summed E-state index contributed by atoms with van der Waals surface area (Å²) in [5.74, 6) is 0.654. The summed E-state index contributed by atoms with van der Waals surface area (Å²) in [5, 5.41) is 0.358. The van der Waals surface area contributed by atoms with Gasteiger partial charge in [0.25, 0.3) is 0 Å². The minimum atomic E-state index is 0.358. The first kappa shape index (κ1) is 10.4. The van der Waals surface area contributed by atoms with Gasteiger partial charge in [-0.1, -0.05) is 6.07 Å². The molecule has 2 N–H and O–H groups in total. The number of rotatable bonds is 2. The molecule has 3 rings (SSSR count). The van der Waals surface area contributed by atoms with Crippen LogP contribution in [0.5, 0.6) is 0 Å². The van der Waals surface area contributed by atoms with Crippen LogP contribution in [0.4, 0.5) is 0 Å². The predicted molar refractivity (Wildman–Crippen MR) is 65.8 cm³/mol. The van der Waals surface area contributed by atoms with Gasteiger partial charge in [-0.05, 0) is 29.8 Å². The number of fused-ring (bicyclic) bond motifs is 1. The molecule has 0 aliphatic carbocycles. The zero-order chi connectivity index (χ0) is 11.8. The topological polar surface area (TPSA) is 56.5 Å². The SMILES string of the molecule is NCc1cccn2cc(-c3ccc(Cl)o3)nc12. The molecule has 0 aliphatic rings. The molecule has 17 heavy (non-hydrogen) atoms. The zero-order valence-corrected chi connectivity index (χ0v) is 9.69. The van der Waals surface area contributed by atoms with Gasteiger partial charge in [-0.15, -0.1) is 0 Å². The summed E-state index contributed by atoms with van der Waals surface area (Å²) in [6.45, 7) is 0.458. The lowest BCUT2D eigenvalue weighted by atomic mass is 10.3. The quantitative estimate of drug-likeness (QED) is 0.758. The van der Waals surface area contributed by atoms with Crippen molar-refractivity contribution in [2.24, 2.45) is 5.73 Å². The molecular formula is C12H10ClN3O. The van der Waals surface area contributed by atoms with E-state index in [2.05, 4.69) is 4.98 Å². The number of nitrogens with two attached hydrogens (primary N) is 1. The Balaban J connectivity index is 2.19. The molecule has 0 saturated heterocycles. The van der Waals surface area contributed by atoms with Crippen molar-refractivity contribution in [2.45, 2.75) is 6.54 Å². The molecule has 3 aromatic heterocycles. The monoisotopic (exact) mass is 247 g/mol. The van der Waals surface area contributed by atoms with Crippen molar-refractivity contribution < 1.29 is 4.42 Å². The molecule has 86 valence electrons. The van der Waals surface area contributed by atoms with Gasteiger partial charge in [0, 0.05) is 24.5 Å². The van der Waals surface area contributed by atoms with Gasteiger partial charge in [-0.2, -0.15) is 0 Å². The average Bonchev–Trinajstić information content (AvgIpc) is 2.93. The van der Waals surface area contributed by atoms with Crippen molar-refractivity contribution in [3.05, 3.63) is 47.4 Å². The van der Waals surface area contributed by atoms with E-state index >= 15 is 0 Å². The molecule has 3 heterocycles. The first-order chi connectivity index (χ1) is 8.28. The van der Waals surface area contributed by atoms with Gasteiger partial charge in [0.05, 0.1) is 0 Å². The zero-order valence-electron chi connectivity index (χ0n) is 8.93. The third-order valence-corrected chi connectivity index (χ3v) is 2.81. The molecule has 0 aromatic carbocycles. The lowest BCUT2D eigenvalue weighted by molar-refractivity contribution is 0.582. The third kappa shape index (κ3) is 1.71. The maximum atomic E-state index is 5.75. The van der Waals surface area contributed by atoms with Crippen LogP contribution in [-0.4, -0.2) is 9.38 Å². The molecule has 0 radical (unpaired) electrons.